The first-order valence-corrected chi connectivity index (χ1v) is 12.0. The second kappa shape index (κ2) is 10.1. The third-order valence-corrected chi connectivity index (χ3v) is 7.64. The van der Waals surface area contributed by atoms with Gasteiger partial charge in [-0.2, -0.15) is 0 Å². The van der Waals surface area contributed by atoms with Gasteiger partial charge < -0.3 is 19.9 Å². The van der Waals surface area contributed by atoms with Crippen LogP contribution in [-0.4, -0.2) is 57.1 Å². The zero-order chi connectivity index (χ0) is 24.1. The molecule has 1 aromatic heterocycles. The third-order valence-electron chi connectivity index (χ3n) is 6.97. The summed E-state index contributed by atoms with van der Waals surface area (Å²) in [6.45, 7) is 5.64. The Morgan fingerprint density at radius 1 is 1.21 bits per heavy atom. The second-order valence-corrected chi connectivity index (χ2v) is 11.1. The van der Waals surface area contributed by atoms with E-state index in [1.807, 2.05) is 18.2 Å². The molecule has 0 radical (unpaired) electrons. The maximum absolute atomic E-state index is 12.7. The third kappa shape index (κ3) is 4.65. The molecular formula is C24H26BrClN3NaO4. The number of aliphatic carboxylic acids is 1. The summed E-state index contributed by atoms with van der Waals surface area (Å²) in [5, 5.41) is 23.1. The van der Waals surface area contributed by atoms with Gasteiger partial charge in [-0.3, -0.25) is 9.88 Å². The number of amides is 1. The molecule has 10 heteroatoms. The molecule has 0 unspecified atom stereocenters. The van der Waals surface area contributed by atoms with Gasteiger partial charge >= 0.3 is 35.5 Å². The number of piperazine rings is 1. The van der Waals surface area contributed by atoms with Gasteiger partial charge in [0.15, 0.2) is 5.54 Å². The van der Waals surface area contributed by atoms with Crippen molar-refractivity contribution in [1.82, 2.24) is 14.8 Å². The normalized spacial score (nSPS) is 22.7. The van der Waals surface area contributed by atoms with Crippen molar-refractivity contribution in [1.29, 1.82) is 0 Å². The molecule has 7 nitrogen and oxygen atoms in total. The molecule has 1 aliphatic heterocycles. The van der Waals surface area contributed by atoms with E-state index in [0.717, 1.165) is 44.6 Å². The summed E-state index contributed by atoms with van der Waals surface area (Å²) < 4.78 is 0.875. The molecule has 34 heavy (non-hydrogen) atoms. The van der Waals surface area contributed by atoms with Gasteiger partial charge in [-0.05, 0) is 69.1 Å². The maximum atomic E-state index is 12.7. The van der Waals surface area contributed by atoms with E-state index in [2.05, 4.69) is 26.9 Å². The Labute approximate surface area is 234 Å². The van der Waals surface area contributed by atoms with Gasteiger partial charge in [0.2, 0.25) is 0 Å². The van der Waals surface area contributed by atoms with Crippen LogP contribution in [0.1, 0.15) is 49.2 Å². The van der Waals surface area contributed by atoms with Crippen LogP contribution in [-0.2, 0) is 17.6 Å². The number of nitrogens with zero attached hydrogens (tertiary/aromatic N) is 3. The average Bonchev–Trinajstić information content (AvgIpc) is 2.88. The van der Waals surface area contributed by atoms with Gasteiger partial charge in [0.1, 0.15) is 6.09 Å². The molecule has 4 rings (SSSR count). The average molecular weight is 559 g/mol. The van der Waals surface area contributed by atoms with Crippen molar-refractivity contribution < 1.29 is 49.4 Å². The summed E-state index contributed by atoms with van der Waals surface area (Å²) in [5.74, 6) is -1.18. The first kappa shape index (κ1) is 27.4. The number of hydrogen-bond acceptors (Lipinski definition) is 5. The number of hydrogen-bond donors (Lipinski definition) is 1. The van der Waals surface area contributed by atoms with Gasteiger partial charge in [0, 0.05) is 35.3 Å². The molecule has 1 saturated heterocycles. The fourth-order valence-corrected chi connectivity index (χ4v) is 5.85. The van der Waals surface area contributed by atoms with Crippen molar-refractivity contribution in [3.8, 4) is 0 Å². The van der Waals surface area contributed by atoms with Crippen molar-refractivity contribution in [3.05, 3.63) is 62.3 Å². The van der Waals surface area contributed by atoms with E-state index in [1.165, 1.54) is 0 Å². The standard InChI is InChI=1S/C24H27BrClN3O4.Na/c1-23(2,3)24(21(30)31)13-28(8-9-29(24)22(32)33)20-18-7-6-17(26)11-14(18)4-5-15-10-16(25)12-27-19(15)20;/h6-7,10-12,20H,4-5,8-9,13H2,1-3H3,(H,30,31)(H,32,33);/q;+1/p-1/t20-,24+;/m0./s1. The fourth-order valence-electron chi connectivity index (χ4n) is 5.27. The van der Waals surface area contributed by atoms with Crippen LogP contribution in [0.2, 0.25) is 5.02 Å². The number of pyridine rings is 1. The molecule has 1 aliphatic carbocycles. The van der Waals surface area contributed by atoms with Crippen molar-refractivity contribution in [2.45, 2.75) is 45.2 Å². The van der Waals surface area contributed by atoms with E-state index < -0.39 is 23.0 Å². The number of fused-ring (bicyclic) bond motifs is 2. The van der Waals surface area contributed by atoms with E-state index in [4.69, 9.17) is 16.6 Å². The van der Waals surface area contributed by atoms with Crippen molar-refractivity contribution in [3.63, 3.8) is 0 Å². The Morgan fingerprint density at radius 2 is 1.88 bits per heavy atom. The molecule has 2 atom stereocenters. The maximum Gasteiger partial charge on any atom is 1.00 e. The number of carbonyl (C=O) groups is 2. The molecule has 2 aromatic rings. The van der Waals surface area contributed by atoms with E-state index >= 15 is 0 Å². The van der Waals surface area contributed by atoms with Gasteiger partial charge in [0.05, 0.1) is 11.7 Å². The Kier molecular flexibility index (Phi) is 8.12. The first-order valence-electron chi connectivity index (χ1n) is 10.8. The molecule has 2 aliphatic rings. The molecule has 176 valence electrons. The topological polar surface area (TPSA) is 96.8 Å². The Bertz CT molecular complexity index is 1070. The number of aryl methyl sites for hydroxylation is 2. The fraction of sp³-hybridized carbons (Fsp3) is 0.458. The van der Waals surface area contributed by atoms with E-state index in [1.54, 1.807) is 27.0 Å². The molecule has 0 spiro atoms. The first-order chi connectivity index (χ1) is 15.5. The van der Waals surface area contributed by atoms with Crippen molar-refractivity contribution in [2.24, 2.45) is 5.41 Å². The van der Waals surface area contributed by atoms with Gasteiger partial charge in [-0.25, -0.2) is 4.79 Å². The van der Waals surface area contributed by atoms with Gasteiger partial charge in [-0.1, -0.05) is 38.4 Å². The molecule has 1 aromatic carbocycles. The summed E-state index contributed by atoms with van der Waals surface area (Å²) in [6.07, 6.45) is 1.83. The Morgan fingerprint density at radius 3 is 2.50 bits per heavy atom. The predicted molar refractivity (Wildman–Crippen MR) is 126 cm³/mol. The van der Waals surface area contributed by atoms with Crippen LogP contribution in [0, 0.1) is 5.41 Å². The van der Waals surface area contributed by atoms with Crippen LogP contribution in [0.5, 0.6) is 0 Å². The molecule has 1 fully saturated rings. The molecule has 0 bridgehead atoms. The quantitative estimate of drug-likeness (QED) is 0.540. The largest absolute Gasteiger partial charge is 1.00 e. The summed E-state index contributed by atoms with van der Waals surface area (Å²) in [4.78, 5) is 32.5. The van der Waals surface area contributed by atoms with Crippen LogP contribution in [0.25, 0.3) is 0 Å². The van der Waals surface area contributed by atoms with Gasteiger partial charge in [0.25, 0.3) is 0 Å². The van der Waals surface area contributed by atoms with Crippen LogP contribution in [0.4, 0.5) is 4.79 Å². The van der Waals surface area contributed by atoms with E-state index in [-0.39, 0.29) is 48.7 Å². The van der Waals surface area contributed by atoms with Crippen molar-refractivity contribution >= 4 is 39.6 Å². The number of carboxylic acid groups (broad SMARTS) is 2. The minimum Gasteiger partial charge on any atom is -0.530 e. The number of benzene rings is 1. The minimum absolute atomic E-state index is 0. The summed E-state index contributed by atoms with van der Waals surface area (Å²) >= 11 is 9.82. The number of carbonyl (C=O) groups excluding carboxylic acids is 1. The summed E-state index contributed by atoms with van der Waals surface area (Å²) in [7, 11) is 0. The molecular weight excluding hydrogens is 533 g/mol. The monoisotopic (exact) mass is 557 g/mol. The van der Waals surface area contributed by atoms with E-state index in [0.29, 0.717) is 11.6 Å². The molecule has 0 saturated carbocycles. The van der Waals surface area contributed by atoms with E-state index in [9.17, 15) is 19.8 Å². The molecule has 2 heterocycles. The number of carboxylic acids is 1. The van der Waals surface area contributed by atoms with Crippen LogP contribution in [0.3, 0.4) is 0 Å². The Hall–Kier alpha value is -1.16. The van der Waals surface area contributed by atoms with Crippen LogP contribution in [0.15, 0.2) is 34.9 Å². The molecule has 1 amide bonds. The number of halogens is 2. The number of aromatic nitrogens is 1. The van der Waals surface area contributed by atoms with Crippen LogP contribution < -0.4 is 34.7 Å². The smallest absolute Gasteiger partial charge is 0.530 e. The molecule has 1 N–H and O–H groups in total. The summed E-state index contributed by atoms with van der Waals surface area (Å²) in [5.41, 5.74) is 1.46. The van der Waals surface area contributed by atoms with Crippen LogP contribution >= 0.6 is 27.5 Å². The zero-order valence-electron chi connectivity index (χ0n) is 19.8. The zero-order valence-corrected chi connectivity index (χ0v) is 24.1. The second-order valence-electron chi connectivity index (χ2n) is 9.75. The van der Waals surface area contributed by atoms with Crippen molar-refractivity contribution in [2.75, 3.05) is 19.6 Å². The SMILES string of the molecule is CC(C)(C)[C@]1(C(=O)O)CN([C@H]2c3ccc(Cl)cc3CCc3cc(Br)cnc32)CCN1C(=O)[O-].[Na+]. The minimum atomic E-state index is -1.68. The number of rotatable bonds is 2. The predicted octanol–water partition coefficient (Wildman–Crippen LogP) is 0.520. The van der Waals surface area contributed by atoms with Gasteiger partial charge in [-0.15, -0.1) is 0 Å². The Balaban J connectivity index is 0.00000324. The summed E-state index contributed by atoms with van der Waals surface area (Å²) in [6, 6.07) is 7.49.